The number of hydrogen-bond donors (Lipinski definition) is 0. The molecule has 0 aliphatic carbocycles. The molecule has 2 heteroatoms. The predicted molar refractivity (Wildman–Crippen MR) is 154 cm³/mol. The Morgan fingerprint density at radius 1 is 0.714 bits per heavy atom. The Morgan fingerprint density at radius 3 is 2.00 bits per heavy atom. The molecule has 0 amide bonds. The van der Waals surface area contributed by atoms with E-state index in [1.54, 1.807) is 0 Å². The van der Waals surface area contributed by atoms with Crippen molar-refractivity contribution in [3.63, 3.8) is 0 Å². The molecule has 174 valence electrons. The maximum absolute atomic E-state index is 6.22. The minimum Gasteiger partial charge on any atom is -0.371 e. The average molecular weight is 476 g/mol. The van der Waals surface area contributed by atoms with Gasteiger partial charge in [-0.05, 0) is 76.3 Å². The fraction of sp³-hybridized carbons (Fsp3) is 0.152. The third-order valence-corrected chi connectivity index (χ3v) is 7.36. The Labute approximate surface area is 213 Å². The Hall–Kier alpha value is -3.55. The first kappa shape index (κ1) is 23.2. The van der Waals surface area contributed by atoms with Crippen LogP contribution in [0.4, 0.5) is 5.69 Å². The van der Waals surface area contributed by atoms with Gasteiger partial charge in [-0.15, -0.1) is 0 Å². The molecule has 0 aliphatic heterocycles. The first-order valence-electron chi connectivity index (χ1n) is 12.2. The Bertz CT molecular complexity index is 1470. The van der Waals surface area contributed by atoms with Crippen molar-refractivity contribution in [1.29, 1.82) is 0 Å². The highest BCUT2D eigenvalue weighted by atomic mass is 35.5. The molecule has 5 rings (SSSR count). The summed E-state index contributed by atoms with van der Waals surface area (Å²) in [4.78, 5) is 2.40. The molecule has 5 aromatic rings. The van der Waals surface area contributed by atoms with Crippen LogP contribution in [-0.2, 0) is 0 Å². The van der Waals surface area contributed by atoms with E-state index in [9.17, 15) is 0 Å². The van der Waals surface area contributed by atoms with Crippen LogP contribution in [0.3, 0.4) is 0 Å². The Balaban J connectivity index is 1.41. The van der Waals surface area contributed by atoms with Gasteiger partial charge in [0.15, 0.2) is 0 Å². The van der Waals surface area contributed by atoms with Crippen LogP contribution in [0.5, 0.6) is 0 Å². The largest absolute Gasteiger partial charge is 0.371 e. The van der Waals surface area contributed by atoms with Crippen molar-refractivity contribution in [3.05, 3.63) is 131 Å². The molecule has 0 fully saturated rings. The van der Waals surface area contributed by atoms with Crippen LogP contribution in [-0.4, -0.2) is 13.1 Å². The summed E-state index contributed by atoms with van der Waals surface area (Å²) >= 11 is 6.22. The lowest BCUT2D eigenvalue weighted by molar-refractivity contribution is 0.548. The van der Waals surface area contributed by atoms with Crippen molar-refractivity contribution in [2.24, 2.45) is 0 Å². The van der Waals surface area contributed by atoms with Crippen molar-refractivity contribution in [2.45, 2.75) is 25.3 Å². The van der Waals surface area contributed by atoms with Crippen molar-refractivity contribution in [1.82, 2.24) is 0 Å². The van der Waals surface area contributed by atoms with E-state index in [1.165, 1.54) is 38.4 Å². The molecule has 5 aromatic carbocycles. The highest BCUT2D eigenvalue weighted by Crippen LogP contribution is 2.32. The second-order valence-electron chi connectivity index (χ2n) is 9.29. The average Bonchev–Trinajstić information content (AvgIpc) is 2.90. The zero-order chi connectivity index (χ0) is 24.2. The van der Waals surface area contributed by atoms with E-state index in [0.29, 0.717) is 12.0 Å². The van der Waals surface area contributed by atoms with Crippen LogP contribution < -0.4 is 4.90 Å². The number of allylic oxidation sites excluding steroid dienone is 1. The standard InChI is InChI=1S/C33H30ClN/c1-24(35(2)32-21-18-27-10-4-6-12-30(27)23-32)33(28-16-19-31(34)20-17-28)13-7-8-25-14-15-26-9-3-5-11-29(26)22-25/h3-12,14-24,33H,13H2,1-2H3/b8-7+. The molecule has 0 radical (unpaired) electrons. The summed E-state index contributed by atoms with van der Waals surface area (Å²) in [5, 5.41) is 5.85. The highest BCUT2D eigenvalue weighted by Gasteiger charge is 2.22. The molecule has 0 aromatic heterocycles. The fourth-order valence-corrected chi connectivity index (χ4v) is 5.01. The second-order valence-corrected chi connectivity index (χ2v) is 9.72. The van der Waals surface area contributed by atoms with Gasteiger partial charge in [0.25, 0.3) is 0 Å². The lowest BCUT2D eigenvalue weighted by Crippen LogP contribution is -2.34. The van der Waals surface area contributed by atoms with E-state index >= 15 is 0 Å². The summed E-state index contributed by atoms with van der Waals surface area (Å²) in [5.41, 5.74) is 3.76. The number of nitrogens with zero attached hydrogens (tertiary/aromatic N) is 1. The van der Waals surface area contributed by atoms with Gasteiger partial charge in [-0.25, -0.2) is 0 Å². The molecule has 0 N–H and O–H groups in total. The summed E-state index contributed by atoms with van der Waals surface area (Å²) in [7, 11) is 2.20. The van der Waals surface area contributed by atoms with E-state index in [-0.39, 0.29) is 0 Å². The van der Waals surface area contributed by atoms with E-state index in [2.05, 4.69) is 128 Å². The van der Waals surface area contributed by atoms with Crippen molar-refractivity contribution in [2.75, 3.05) is 11.9 Å². The lowest BCUT2D eigenvalue weighted by Gasteiger charge is -2.34. The second kappa shape index (κ2) is 10.4. The number of fused-ring (bicyclic) bond motifs is 2. The summed E-state index contributed by atoms with van der Waals surface area (Å²) < 4.78 is 0. The summed E-state index contributed by atoms with van der Waals surface area (Å²) in [5.74, 6) is 0.320. The first-order chi connectivity index (χ1) is 17.1. The third kappa shape index (κ3) is 5.26. The molecule has 0 spiro atoms. The molecule has 0 aliphatic rings. The molecule has 0 heterocycles. The maximum Gasteiger partial charge on any atom is 0.0406 e. The molecule has 2 atom stereocenters. The van der Waals surface area contributed by atoms with Crippen LogP contribution in [0.25, 0.3) is 27.6 Å². The van der Waals surface area contributed by atoms with Gasteiger partial charge in [0.2, 0.25) is 0 Å². The maximum atomic E-state index is 6.22. The summed E-state index contributed by atoms with van der Waals surface area (Å²) in [6.07, 6.45) is 5.50. The number of anilines is 1. The Kier molecular flexibility index (Phi) is 6.88. The van der Waals surface area contributed by atoms with E-state index in [0.717, 1.165) is 11.4 Å². The fourth-order valence-electron chi connectivity index (χ4n) is 4.88. The van der Waals surface area contributed by atoms with Crippen molar-refractivity contribution >= 4 is 44.9 Å². The van der Waals surface area contributed by atoms with Gasteiger partial charge in [-0.1, -0.05) is 103 Å². The molecule has 1 nitrogen and oxygen atoms in total. The summed E-state index contributed by atoms with van der Waals surface area (Å²) in [6.45, 7) is 2.32. The van der Waals surface area contributed by atoms with Gasteiger partial charge in [0, 0.05) is 29.7 Å². The molecular weight excluding hydrogens is 446 g/mol. The van der Waals surface area contributed by atoms with Gasteiger partial charge < -0.3 is 4.90 Å². The van der Waals surface area contributed by atoms with Gasteiger partial charge in [-0.3, -0.25) is 0 Å². The highest BCUT2D eigenvalue weighted by molar-refractivity contribution is 6.30. The SMILES string of the molecule is CC(C(C/C=C/c1ccc2ccccc2c1)c1ccc(Cl)cc1)N(C)c1ccc2ccccc2c1. The van der Waals surface area contributed by atoms with Crippen LogP contribution in [0.2, 0.25) is 5.02 Å². The van der Waals surface area contributed by atoms with Crippen LogP contribution >= 0.6 is 11.6 Å². The number of hydrogen-bond acceptors (Lipinski definition) is 1. The van der Waals surface area contributed by atoms with Gasteiger partial charge >= 0.3 is 0 Å². The van der Waals surface area contributed by atoms with Crippen LogP contribution in [0.15, 0.2) is 115 Å². The molecular formula is C33H30ClN. The molecule has 0 saturated heterocycles. The van der Waals surface area contributed by atoms with Crippen LogP contribution in [0, 0.1) is 0 Å². The Morgan fingerprint density at radius 2 is 1.31 bits per heavy atom. The zero-order valence-corrected chi connectivity index (χ0v) is 21.0. The molecule has 35 heavy (non-hydrogen) atoms. The van der Waals surface area contributed by atoms with E-state index in [4.69, 9.17) is 11.6 Å². The van der Waals surface area contributed by atoms with Gasteiger partial charge in [0.05, 0.1) is 0 Å². The van der Waals surface area contributed by atoms with Crippen LogP contribution in [0.1, 0.15) is 30.4 Å². The van der Waals surface area contributed by atoms with Gasteiger partial charge in [0.1, 0.15) is 0 Å². The number of benzene rings is 5. The van der Waals surface area contributed by atoms with Gasteiger partial charge in [-0.2, -0.15) is 0 Å². The van der Waals surface area contributed by atoms with Crippen molar-refractivity contribution < 1.29 is 0 Å². The number of likely N-dealkylation sites (N-methyl/N-ethyl adjacent to an activating group) is 1. The van der Waals surface area contributed by atoms with Crippen molar-refractivity contribution in [3.8, 4) is 0 Å². The normalized spacial score (nSPS) is 13.3. The number of halogens is 1. The molecule has 2 unspecified atom stereocenters. The minimum atomic E-state index is 0.290. The van der Waals surface area contributed by atoms with E-state index in [1.807, 2.05) is 12.1 Å². The zero-order valence-electron chi connectivity index (χ0n) is 20.2. The molecule has 0 bridgehead atoms. The van der Waals surface area contributed by atoms with E-state index < -0.39 is 0 Å². The number of rotatable bonds is 7. The molecule has 0 saturated carbocycles. The minimum absolute atomic E-state index is 0.290. The predicted octanol–water partition coefficient (Wildman–Crippen LogP) is 9.36. The summed E-state index contributed by atoms with van der Waals surface area (Å²) in [6, 6.07) is 39.0. The smallest absolute Gasteiger partial charge is 0.0406 e. The quantitative estimate of drug-likeness (QED) is 0.226. The lowest BCUT2D eigenvalue weighted by atomic mass is 9.88. The third-order valence-electron chi connectivity index (χ3n) is 7.11. The topological polar surface area (TPSA) is 3.24 Å². The first-order valence-corrected chi connectivity index (χ1v) is 12.6. The monoisotopic (exact) mass is 475 g/mol.